The molecule has 1 aliphatic heterocycles. The number of nitrogens with one attached hydrogen (secondary N) is 1. The summed E-state index contributed by atoms with van der Waals surface area (Å²) in [5.74, 6) is -2.13. The molecule has 4 rings (SSSR count). The van der Waals surface area contributed by atoms with Gasteiger partial charge >= 0.3 is 0 Å². The van der Waals surface area contributed by atoms with Gasteiger partial charge in [-0.2, -0.15) is 0 Å². The standard InChI is InChI=1S/C21H16F2N2O2/c22-17-8-4-7-16(19(17)23)21(26)25-12-14-11-13-5-3-6-15(20(13)27-14)18-9-1-2-10-24-18/h1-10,14H,11-12H2,(H,25,26)/t14-/m0/s1. The first kappa shape index (κ1) is 17.1. The van der Waals surface area contributed by atoms with Crippen molar-refractivity contribution in [2.24, 2.45) is 0 Å². The third kappa shape index (κ3) is 3.38. The zero-order chi connectivity index (χ0) is 18.8. The van der Waals surface area contributed by atoms with Crippen LogP contribution in [0.5, 0.6) is 5.75 Å². The van der Waals surface area contributed by atoms with Crippen LogP contribution in [0.3, 0.4) is 0 Å². The fraction of sp³-hybridized carbons (Fsp3) is 0.143. The normalized spacial score (nSPS) is 15.1. The van der Waals surface area contributed by atoms with E-state index in [1.807, 2.05) is 36.4 Å². The first-order valence-corrected chi connectivity index (χ1v) is 8.55. The number of pyridine rings is 1. The molecule has 6 heteroatoms. The summed E-state index contributed by atoms with van der Waals surface area (Å²) in [5.41, 5.74) is 2.40. The van der Waals surface area contributed by atoms with E-state index in [-0.39, 0.29) is 18.2 Å². The number of benzene rings is 2. The van der Waals surface area contributed by atoms with Gasteiger partial charge in [0.1, 0.15) is 11.9 Å². The van der Waals surface area contributed by atoms with Gasteiger partial charge in [-0.25, -0.2) is 8.78 Å². The predicted molar refractivity (Wildman–Crippen MR) is 96.5 cm³/mol. The SMILES string of the molecule is O=C(NC[C@@H]1Cc2cccc(-c3ccccn3)c2O1)c1cccc(F)c1F. The summed E-state index contributed by atoms with van der Waals surface area (Å²) in [5, 5.41) is 2.62. The Labute approximate surface area is 154 Å². The molecular formula is C21H16F2N2O2. The Morgan fingerprint density at radius 3 is 2.78 bits per heavy atom. The third-order valence-electron chi connectivity index (χ3n) is 4.46. The molecule has 3 aromatic rings. The van der Waals surface area contributed by atoms with Crippen molar-refractivity contribution >= 4 is 5.91 Å². The molecule has 27 heavy (non-hydrogen) atoms. The Morgan fingerprint density at radius 2 is 1.96 bits per heavy atom. The van der Waals surface area contributed by atoms with Crippen LogP contribution in [0.2, 0.25) is 0 Å². The molecule has 1 atom stereocenters. The van der Waals surface area contributed by atoms with E-state index in [2.05, 4.69) is 10.3 Å². The second kappa shape index (κ2) is 7.15. The minimum absolute atomic E-state index is 0.186. The molecule has 0 fully saturated rings. The highest BCUT2D eigenvalue weighted by Gasteiger charge is 2.27. The summed E-state index contributed by atoms with van der Waals surface area (Å²) in [6.45, 7) is 0.186. The molecule has 0 radical (unpaired) electrons. The van der Waals surface area contributed by atoms with E-state index < -0.39 is 17.5 Å². The number of fused-ring (bicyclic) bond motifs is 1. The molecule has 0 unspecified atom stereocenters. The fourth-order valence-corrected chi connectivity index (χ4v) is 3.16. The molecule has 1 aliphatic rings. The van der Waals surface area contributed by atoms with E-state index in [1.165, 1.54) is 12.1 Å². The van der Waals surface area contributed by atoms with Gasteiger partial charge in [0, 0.05) is 18.2 Å². The summed E-state index contributed by atoms with van der Waals surface area (Å²) in [7, 11) is 0. The van der Waals surface area contributed by atoms with Crippen LogP contribution in [0.15, 0.2) is 60.8 Å². The van der Waals surface area contributed by atoms with Crippen LogP contribution in [0.25, 0.3) is 11.3 Å². The van der Waals surface area contributed by atoms with Gasteiger partial charge in [0.25, 0.3) is 5.91 Å². The minimum Gasteiger partial charge on any atom is -0.487 e. The molecule has 0 saturated heterocycles. The molecule has 0 bridgehead atoms. The number of carbonyl (C=O) groups excluding carboxylic acids is 1. The van der Waals surface area contributed by atoms with Gasteiger partial charge in [-0.1, -0.05) is 24.3 Å². The molecule has 1 N–H and O–H groups in total. The molecule has 4 nitrogen and oxygen atoms in total. The van der Waals surface area contributed by atoms with Crippen molar-refractivity contribution in [1.29, 1.82) is 0 Å². The van der Waals surface area contributed by atoms with Crippen LogP contribution >= 0.6 is 0 Å². The van der Waals surface area contributed by atoms with Gasteiger partial charge in [-0.05, 0) is 35.9 Å². The number of amides is 1. The maximum Gasteiger partial charge on any atom is 0.254 e. The maximum absolute atomic E-state index is 13.7. The van der Waals surface area contributed by atoms with Crippen molar-refractivity contribution in [3.63, 3.8) is 0 Å². The molecule has 136 valence electrons. The Bertz CT molecular complexity index is 993. The average molecular weight is 366 g/mol. The number of hydrogen-bond donors (Lipinski definition) is 1. The van der Waals surface area contributed by atoms with Gasteiger partial charge in [0.2, 0.25) is 0 Å². The van der Waals surface area contributed by atoms with Crippen molar-refractivity contribution in [3.05, 3.63) is 83.6 Å². The monoisotopic (exact) mass is 366 g/mol. The van der Waals surface area contributed by atoms with Crippen molar-refractivity contribution in [2.75, 3.05) is 6.54 Å². The lowest BCUT2D eigenvalue weighted by atomic mass is 10.0. The smallest absolute Gasteiger partial charge is 0.254 e. The zero-order valence-electron chi connectivity index (χ0n) is 14.3. The number of nitrogens with zero attached hydrogens (tertiary/aromatic N) is 1. The first-order valence-electron chi connectivity index (χ1n) is 8.55. The molecule has 0 spiro atoms. The Balaban J connectivity index is 1.47. The molecule has 2 heterocycles. The third-order valence-corrected chi connectivity index (χ3v) is 4.46. The summed E-state index contributed by atoms with van der Waals surface area (Å²) < 4.78 is 33.0. The van der Waals surface area contributed by atoms with Crippen molar-refractivity contribution in [3.8, 4) is 17.0 Å². The second-order valence-electron chi connectivity index (χ2n) is 6.26. The zero-order valence-corrected chi connectivity index (χ0v) is 14.3. The fourth-order valence-electron chi connectivity index (χ4n) is 3.16. The van der Waals surface area contributed by atoms with Gasteiger partial charge in [-0.15, -0.1) is 0 Å². The lowest BCUT2D eigenvalue weighted by molar-refractivity contribution is 0.0928. The predicted octanol–water partition coefficient (Wildman–Crippen LogP) is 3.76. The van der Waals surface area contributed by atoms with Crippen LogP contribution in [0, 0.1) is 11.6 Å². The summed E-state index contributed by atoms with van der Waals surface area (Å²) in [4.78, 5) is 16.5. The first-order chi connectivity index (χ1) is 13.1. The summed E-state index contributed by atoms with van der Waals surface area (Å²) in [6, 6.07) is 15.0. The van der Waals surface area contributed by atoms with Crippen LogP contribution in [0.1, 0.15) is 15.9 Å². The largest absolute Gasteiger partial charge is 0.487 e. The quantitative estimate of drug-likeness (QED) is 0.765. The summed E-state index contributed by atoms with van der Waals surface area (Å²) in [6.07, 6.45) is 2.04. The minimum atomic E-state index is -1.15. The van der Waals surface area contributed by atoms with Crippen molar-refractivity contribution < 1.29 is 18.3 Å². The summed E-state index contributed by atoms with van der Waals surface area (Å²) >= 11 is 0. The van der Waals surface area contributed by atoms with Crippen LogP contribution < -0.4 is 10.1 Å². The van der Waals surface area contributed by atoms with E-state index >= 15 is 0 Å². The van der Waals surface area contributed by atoms with E-state index in [4.69, 9.17) is 4.74 Å². The van der Waals surface area contributed by atoms with Crippen molar-refractivity contribution in [2.45, 2.75) is 12.5 Å². The Morgan fingerprint density at radius 1 is 1.11 bits per heavy atom. The number of para-hydroxylation sites is 1. The number of ether oxygens (including phenoxy) is 1. The van der Waals surface area contributed by atoms with Crippen LogP contribution in [0.4, 0.5) is 8.78 Å². The highest BCUT2D eigenvalue weighted by molar-refractivity contribution is 5.94. The highest BCUT2D eigenvalue weighted by atomic mass is 19.2. The van der Waals surface area contributed by atoms with Gasteiger partial charge < -0.3 is 10.1 Å². The number of halogens is 2. The number of aromatic nitrogens is 1. The van der Waals surface area contributed by atoms with E-state index in [1.54, 1.807) is 6.20 Å². The van der Waals surface area contributed by atoms with Gasteiger partial charge in [0.15, 0.2) is 11.6 Å². The average Bonchev–Trinajstić information content (AvgIpc) is 3.12. The maximum atomic E-state index is 13.7. The molecule has 2 aromatic carbocycles. The highest BCUT2D eigenvalue weighted by Crippen LogP contribution is 2.37. The van der Waals surface area contributed by atoms with Gasteiger partial charge in [0.05, 0.1) is 17.8 Å². The van der Waals surface area contributed by atoms with Gasteiger partial charge in [-0.3, -0.25) is 9.78 Å². The molecule has 0 saturated carbocycles. The van der Waals surface area contributed by atoms with E-state index in [9.17, 15) is 13.6 Å². The second-order valence-corrected chi connectivity index (χ2v) is 6.26. The van der Waals surface area contributed by atoms with Crippen molar-refractivity contribution in [1.82, 2.24) is 10.3 Å². The number of carbonyl (C=O) groups is 1. The lowest BCUT2D eigenvalue weighted by Crippen LogP contribution is -2.35. The number of rotatable bonds is 4. The molecular weight excluding hydrogens is 350 g/mol. The van der Waals surface area contributed by atoms with E-state index in [0.717, 1.165) is 28.6 Å². The molecule has 0 aliphatic carbocycles. The Hall–Kier alpha value is -3.28. The van der Waals surface area contributed by atoms with E-state index in [0.29, 0.717) is 6.42 Å². The lowest BCUT2D eigenvalue weighted by Gasteiger charge is -2.13. The number of hydrogen-bond acceptors (Lipinski definition) is 3. The molecule has 1 aromatic heterocycles. The topological polar surface area (TPSA) is 51.2 Å². The molecule has 1 amide bonds. The Kier molecular flexibility index (Phi) is 4.54. The van der Waals surface area contributed by atoms with Crippen LogP contribution in [-0.4, -0.2) is 23.5 Å². The van der Waals surface area contributed by atoms with Crippen LogP contribution in [-0.2, 0) is 6.42 Å².